The molecule has 0 unspecified atom stereocenters. The molecule has 0 radical (unpaired) electrons. The molecule has 1 heterocycles. The van der Waals surface area contributed by atoms with Crippen molar-refractivity contribution < 1.29 is 4.92 Å². The first-order chi connectivity index (χ1) is 8.70. The monoisotopic (exact) mass is 249 g/mol. The van der Waals surface area contributed by atoms with Gasteiger partial charge in [-0.2, -0.15) is 0 Å². The fourth-order valence-corrected chi connectivity index (χ4v) is 2.35. The highest BCUT2D eigenvalue weighted by molar-refractivity contribution is 5.53. The van der Waals surface area contributed by atoms with Gasteiger partial charge in [-0.1, -0.05) is 13.0 Å². The Labute approximate surface area is 107 Å². The van der Waals surface area contributed by atoms with E-state index in [0.29, 0.717) is 0 Å². The predicted octanol–water partition coefficient (Wildman–Crippen LogP) is 2.13. The molecule has 1 aromatic rings. The van der Waals surface area contributed by atoms with E-state index in [2.05, 4.69) is 16.7 Å². The third kappa shape index (κ3) is 2.98. The Kier molecular flexibility index (Phi) is 4.15. The Morgan fingerprint density at radius 1 is 1.28 bits per heavy atom. The number of non-ortho nitro benzene ring substituents is 1. The van der Waals surface area contributed by atoms with Crippen molar-refractivity contribution in [3.8, 4) is 0 Å². The van der Waals surface area contributed by atoms with Crippen LogP contribution in [0.25, 0.3) is 0 Å². The second-order valence-electron chi connectivity index (χ2n) is 4.55. The van der Waals surface area contributed by atoms with E-state index in [9.17, 15) is 10.1 Å². The molecule has 0 saturated carbocycles. The van der Waals surface area contributed by atoms with Gasteiger partial charge in [-0.3, -0.25) is 10.1 Å². The van der Waals surface area contributed by atoms with Crippen LogP contribution in [0.4, 0.5) is 11.4 Å². The molecule has 0 atom stereocenters. The molecular weight excluding hydrogens is 230 g/mol. The maximum Gasteiger partial charge on any atom is 0.271 e. The summed E-state index contributed by atoms with van der Waals surface area (Å²) in [6.07, 6.45) is 1.11. The fraction of sp³-hybridized carbons (Fsp3) is 0.538. The van der Waals surface area contributed by atoms with Gasteiger partial charge >= 0.3 is 0 Å². The van der Waals surface area contributed by atoms with Crippen LogP contribution in [0.15, 0.2) is 24.3 Å². The number of rotatable bonds is 3. The Balaban J connectivity index is 2.11. The Bertz CT molecular complexity index is 422. The molecule has 1 saturated heterocycles. The van der Waals surface area contributed by atoms with Crippen LogP contribution in [0.5, 0.6) is 0 Å². The Hall–Kier alpha value is -1.62. The summed E-state index contributed by atoms with van der Waals surface area (Å²) in [6.45, 7) is 7.29. The molecule has 0 spiro atoms. The van der Waals surface area contributed by atoms with Gasteiger partial charge in [-0.25, -0.2) is 0 Å². The highest BCUT2D eigenvalue weighted by atomic mass is 16.6. The molecule has 1 fully saturated rings. The highest BCUT2D eigenvalue weighted by Crippen LogP contribution is 2.22. The summed E-state index contributed by atoms with van der Waals surface area (Å²) in [6, 6.07) is 6.92. The minimum absolute atomic E-state index is 0.170. The standard InChI is InChI=1S/C13H19N3O2/c1-2-14-7-4-8-15(10-9-14)12-5-3-6-13(11-12)16(17)18/h3,5-6,11H,2,4,7-10H2,1H3. The van der Waals surface area contributed by atoms with Crippen molar-refractivity contribution in [2.75, 3.05) is 37.6 Å². The molecule has 18 heavy (non-hydrogen) atoms. The third-order valence-electron chi connectivity index (χ3n) is 3.44. The maximum absolute atomic E-state index is 10.8. The van der Waals surface area contributed by atoms with E-state index in [0.717, 1.165) is 44.8 Å². The molecule has 0 aliphatic carbocycles. The van der Waals surface area contributed by atoms with Crippen molar-refractivity contribution in [3.05, 3.63) is 34.4 Å². The van der Waals surface area contributed by atoms with E-state index in [1.165, 1.54) is 0 Å². The lowest BCUT2D eigenvalue weighted by Gasteiger charge is -2.23. The van der Waals surface area contributed by atoms with Crippen LogP contribution >= 0.6 is 0 Å². The van der Waals surface area contributed by atoms with Crippen LogP contribution in [-0.2, 0) is 0 Å². The smallest absolute Gasteiger partial charge is 0.271 e. The second kappa shape index (κ2) is 5.82. The zero-order valence-corrected chi connectivity index (χ0v) is 10.7. The van der Waals surface area contributed by atoms with E-state index in [4.69, 9.17) is 0 Å². The molecule has 0 bridgehead atoms. The molecule has 98 valence electrons. The average molecular weight is 249 g/mol. The topological polar surface area (TPSA) is 49.6 Å². The first-order valence-corrected chi connectivity index (χ1v) is 6.42. The molecule has 5 heteroatoms. The number of hydrogen-bond acceptors (Lipinski definition) is 4. The number of nitro groups is 1. The van der Waals surface area contributed by atoms with Crippen molar-refractivity contribution >= 4 is 11.4 Å². The van der Waals surface area contributed by atoms with Gasteiger partial charge in [0.25, 0.3) is 5.69 Å². The van der Waals surface area contributed by atoms with Crippen LogP contribution in [-0.4, -0.2) is 42.5 Å². The van der Waals surface area contributed by atoms with Crippen molar-refractivity contribution in [2.24, 2.45) is 0 Å². The Morgan fingerprint density at radius 3 is 2.83 bits per heavy atom. The third-order valence-corrected chi connectivity index (χ3v) is 3.44. The summed E-state index contributed by atoms with van der Waals surface area (Å²) >= 11 is 0. The molecule has 1 aliphatic rings. The number of likely N-dealkylation sites (N-methyl/N-ethyl adjacent to an activating group) is 1. The maximum atomic E-state index is 10.8. The number of anilines is 1. The zero-order valence-electron chi connectivity index (χ0n) is 10.7. The van der Waals surface area contributed by atoms with Crippen molar-refractivity contribution in [1.29, 1.82) is 0 Å². The average Bonchev–Trinajstić information content (AvgIpc) is 2.64. The van der Waals surface area contributed by atoms with Gasteiger partial charge < -0.3 is 9.80 Å². The van der Waals surface area contributed by atoms with Crippen LogP contribution in [0.1, 0.15) is 13.3 Å². The lowest BCUT2D eigenvalue weighted by Crippen LogP contribution is -2.30. The zero-order chi connectivity index (χ0) is 13.0. The molecule has 0 aromatic heterocycles. The summed E-state index contributed by atoms with van der Waals surface area (Å²) in [5.41, 5.74) is 1.13. The minimum atomic E-state index is -0.334. The molecule has 5 nitrogen and oxygen atoms in total. The van der Waals surface area contributed by atoms with Gasteiger partial charge in [-0.05, 0) is 25.6 Å². The number of hydrogen-bond donors (Lipinski definition) is 0. The van der Waals surface area contributed by atoms with E-state index in [1.54, 1.807) is 18.2 Å². The molecule has 2 rings (SSSR count). The summed E-state index contributed by atoms with van der Waals surface area (Å²) in [5.74, 6) is 0. The minimum Gasteiger partial charge on any atom is -0.370 e. The van der Waals surface area contributed by atoms with Gasteiger partial charge in [0.15, 0.2) is 0 Å². The summed E-state index contributed by atoms with van der Waals surface area (Å²) in [4.78, 5) is 15.1. The number of benzene rings is 1. The summed E-state index contributed by atoms with van der Waals surface area (Å²) in [5, 5.41) is 10.8. The highest BCUT2D eigenvalue weighted by Gasteiger charge is 2.15. The van der Waals surface area contributed by atoms with Crippen LogP contribution in [0, 0.1) is 10.1 Å². The summed E-state index contributed by atoms with van der Waals surface area (Å²) < 4.78 is 0. The fourth-order valence-electron chi connectivity index (χ4n) is 2.35. The van der Waals surface area contributed by atoms with E-state index < -0.39 is 0 Å². The number of nitro benzene ring substituents is 1. The van der Waals surface area contributed by atoms with Gasteiger partial charge in [0.2, 0.25) is 0 Å². The predicted molar refractivity (Wildman–Crippen MR) is 72.0 cm³/mol. The largest absolute Gasteiger partial charge is 0.370 e. The van der Waals surface area contributed by atoms with Gasteiger partial charge in [-0.15, -0.1) is 0 Å². The van der Waals surface area contributed by atoms with Crippen LogP contribution in [0.2, 0.25) is 0 Å². The molecule has 1 aliphatic heterocycles. The SMILES string of the molecule is CCN1CCCN(c2cccc([N+](=O)[O-])c2)CC1. The first-order valence-electron chi connectivity index (χ1n) is 6.42. The van der Waals surface area contributed by atoms with E-state index in [1.807, 2.05) is 6.07 Å². The summed E-state index contributed by atoms with van der Waals surface area (Å²) in [7, 11) is 0. The molecule has 0 N–H and O–H groups in total. The second-order valence-corrected chi connectivity index (χ2v) is 4.55. The van der Waals surface area contributed by atoms with Crippen molar-refractivity contribution in [3.63, 3.8) is 0 Å². The number of nitrogens with zero attached hydrogens (tertiary/aromatic N) is 3. The van der Waals surface area contributed by atoms with Gasteiger partial charge in [0.05, 0.1) is 4.92 Å². The Morgan fingerprint density at radius 2 is 2.11 bits per heavy atom. The lowest BCUT2D eigenvalue weighted by molar-refractivity contribution is -0.384. The lowest BCUT2D eigenvalue weighted by atomic mass is 10.2. The molecule has 0 amide bonds. The van der Waals surface area contributed by atoms with Crippen LogP contribution < -0.4 is 4.90 Å². The molecular formula is C13H19N3O2. The normalized spacial score (nSPS) is 17.5. The molecule has 1 aromatic carbocycles. The van der Waals surface area contributed by atoms with E-state index in [-0.39, 0.29) is 10.6 Å². The van der Waals surface area contributed by atoms with Gasteiger partial charge in [0.1, 0.15) is 0 Å². The quantitative estimate of drug-likeness (QED) is 0.608. The van der Waals surface area contributed by atoms with Crippen molar-refractivity contribution in [2.45, 2.75) is 13.3 Å². The first kappa shape index (κ1) is 12.8. The van der Waals surface area contributed by atoms with E-state index >= 15 is 0 Å². The van der Waals surface area contributed by atoms with Crippen LogP contribution in [0.3, 0.4) is 0 Å². The van der Waals surface area contributed by atoms with Crippen molar-refractivity contribution in [1.82, 2.24) is 4.90 Å². The van der Waals surface area contributed by atoms with Gasteiger partial charge in [0, 0.05) is 37.5 Å².